The van der Waals surface area contributed by atoms with Crippen LogP contribution in [0.4, 0.5) is 0 Å². The summed E-state index contributed by atoms with van der Waals surface area (Å²) in [5.74, 6) is 0.367. The molecule has 2 fully saturated rings. The van der Waals surface area contributed by atoms with E-state index in [1.54, 1.807) is 11.4 Å². The molecule has 112 valence electrons. The highest BCUT2D eigenvalue weighted by Gasteiger charge is 2.43. The van der Waals surface area contributed by atoms with E-state index in [1.165, 1.54) is 12.7 Å². The zero-order chi connectivity index (χ0) is 14.1. The summed E-state index contributed by atoms with van der Waals surface area (Å²) in [6.45, 7) is 1.27. The number of piperidine rings is 1. The van der Waals surface area contributed by atoms with Gasteiger partial charge in [0.05, 0.1) is 11.9 Å². The maximum absolute atomic E-state index is 11.6. The Kier molecular flexibility index (Phi) is 4.55. The standard InChI is InChI=1S/C13H26N2O3S/c1-18-13(6-4-7-13)12(14)9-11-5-3-8-15(10-11)19(2,16)17/h11-12H,3-10,14H2,1-2H3. The molecule has 1 saturated carbocycles. The van der Waals surface area contributed by atoms with E-state index >= 15 is 0 Å². The molecule has 2 rings (SSSR count). The number of ether oxygens (including phenoxy) is 1. The number of hydrogen-bond donors (Lipinski definition) is 1. The van der Waals surface area contributed by atoms with Gasteiger partial charge >= 0.3 is 0 Å². The van der Waals surface area contributed by atoms with Gasteiger partial charge in [0.25, 0.3) is 0 Å². The predicted octanol–water partition coefficient (Wildman–Crippen LogP) is 0.945. The normalized spacial score (nSPS) is 29.7. The molecule has 1 saturated heterocycles. The Hall–Kier alpha value is -0.170. The van der Waals surface area contributed by atoms with Crippen LogP contribution in [-0.2, 0) is 14.8 Å². The summed E-state index contributed by atoms with van der Waals surface area (Å²) < 4.78 is 30.4. The van der Waals surface area contributed by atoms with Gasteiger partial charge in [0.2, 0.25) is 10.0 Å². The smallest absolute Gasteiger partial charge is 0.211 e. The van der Waals surface area contributed by atoms with Crippen molar-refractivity contribution in [1.82, 2.24) is 4.31 Å². The van der Waals surface area contributed by atoms with Crippen LogP contribution in [0.5, 0.6) is 0 Å². The number of nitrogens with zero attached hydrogens (tertiary/aromatic N) is 1. The van der Waals surface area contributed by atoms with Gasteiger partial charge in [0.1, 0.15) is 0 Å². The molecular formula is C13H26N2O3S. The molecule has 0 radical (unpaired) electrons. The fraction of sp³-hybridized carbons (Fsp3) is 1.00. The van der Waals surface area contributed by atoms with Gasteiger partial charge < -0.3 is 10.5 Å². The van der Waals surface area contributed by atoms with Crippen LogP contribution in [0, 0.1) is 5.92 Å². The zero-order valence-corrected chi connectivity index (χ0v) is 12.8. The molecule has 0 bridgehead atoms. The number of rotatable bonds is 5. The van der Waals surface area contributed by atoms with Gasteiger partial charge in [0, 0.05) is 26.2 Å². The van der Waals surface area contributed by atoms with Gasteiger partial charge in [-0.2, -0.15) is 0 Å². The lowest BCUT2D eigenvalue weighted by atomic mass is 9.71. The summed E-state index contributed by atoms with van der Waals surface area (Å²) >= 11 is 0. The van der Waals surface area contributed by atoms with E-state index in [0.717, 1.165) is 32.1 Å². The number of sulfonamides is 1. The highest BCUT2D eigenvalue weighted by Crippen LogP contribution is 2.40. The Labute approximate surface area is 116 Å². The first-order chi connectivity index (χ1) is 8.87. The Bertz CT molecular complexity index is 401. The summed E-state index contributed by atoms with van der Waals surface area (Å²) in [6, 6.07) is 0.0239. The molecule has 0 aromatic carbocycles. The molecule has 6 heteroatoms. The first-order valence-electron chi connectivity index (χ1n) is 7.13. The first-order valence-corrected chi connectivity index (χ1v) is 8.98. The maximum atomic E-state index is 11.6. The van der Waals surface area contributed by atoms with Gasteiger partial charge in [-0.25, -0.2) is 12.7 Å². The molecule has 0 aromatic heterocycles. The molecule has 0 amide bonds. The third-order valence-electron chi connectivity index (χ3n) is 4.82. The van der Waals surface area contributed by atoms with Crippen LogP contribution in [0.2, 0.25) is 0 Å². The van der Waals surface area contributed by atoms with Crippen LogP contribution in [0.3, 0.4) is 0 Å². The molecule has 2 aliphatic rings. The molecule has 1 heterocycles. The highest BCUT2D eigenvalue weighted by molar-refractivity contribution is 7.88. The van der Waals surface area contributed by atoms with Crippen molar-refractivity contribution < 1.29 is 13.2 Å². The maximum Gasteiger partial charge on any atom is 0.211 e. The van der Waals surface area contributed by atoms with Gasteiger partial charge in [-0.3, -0.25) is 0 Å². The van der Waals surface area contributed by atoms with Gasteiger partial charge in [0.15, 0.2) is 0 Å². The zero-order valence-electron chi connectivity index (χ0n) is 12.0. The number of nitrogens with two attached hydrogens (primary N) is 1. The molecule has 5 nitrogen and oxygen atoms in total. The topological polar surface area (TPSA) is 72.6 Å². The van der Waals surface area contributed by atoms with Crippen molar-refractivity contribution in [3.63, 3.8) is 0 Å². The SMILES string of the molecule is COC1(C(N)CC2CCCN(S(C)(=O)=O)C2)CCC1. The van der Waals surface area contributed by atoms with Crippen LogP contribution in [-0.4, -0.2) is 50.8 Å². The predicted molar refractivity (Wildman–Crippen MR) is 75.3 cm³/mol. The van der Waals surface area contributed by atoms with Crippen molar-refractivity contribution in [3.05, 3.63) is 0 Å². The Balaban J connectivity index is 1.92. The molecule has 2 unspecified atom stereocenters. The Morgan fingerprint density at radius 3 is 2.58 bits per heavy atom. The van der Waals surface area contributed by atoms with Crippen molar-refractivity contribution in [2.75, 3.05) is 26.5 Å². The van der Waals surface area contributed by atoms with Crippen LogP contribution in [0.15, 0.2) is 0 Å². The minimum Gasteiger partial charge on any atom is -0.377 e. The highest BCUT2D eigenvalue weighted by atomic mass is 32.2. The number of hydrogen-bond acceptors (Lipinski definition) is 4. The lowest BCUT2D eigenvalue weighted by Gasteiger charge is -2.46. The van der Waals surface area contributed by atoms with Crippen molar-refractivity contribution in [1.29, 1.82) is 0 Å². The molecule has 2 atom stereocenters. The molecule has 1 aliphatic carbocycles. The summed E-state index contributed by atoms with van der Waals surface area (Å²) in [6.07, 6.45) is 7.41. The molecular weight excluding hydrogens is 264 g/mol. The molecule has 2 N–H and O–H groups in total. The van der Waals surface area contributed by atoms with E-state index in [1.807, 2.05) is 0 Å². The summed E-state index contributed by atoms with van der Waals surface area (Å²) in [4.78, 5) is 0. The second-order valence-electron chi connectivity index (χ2n) is 6.09. The van der Waals surface area contributed by atoms with Gasteiger partial charge in [-0.1, -0.05) is 0 Å². The number of methoxy groups -OCH3 is 1. The van der Waals surface area contributed by atoms with Crippen LogP contribution < -0.4 is 5.73 Å². The molecule has 1 aliphatic heterocycles. The fourth-order valence-electron chi connectivity index (χ4n) is 3.35. The fourth-order valence-corrected chi connectivity index (χ4v) is 4.29. The molecule has 19 heavy (non-hydrogen) atoms. The largest absolute Gasteiger partial charge is 0.377 e. The molecule has 0 aromatic rings. The van der Waals surface area contributed by atoms with Gasteiger partial charge in [-0.15, -0.1) is 0 Å². The van der Waals surface area contributed by atoms with Crippen molar-refractivity contribution >= 4 is 10.0 Å². The third kappa shape index (κ3) is 3.29. The summed E-state index contributed by atoms with van der Waals surface area (Å²) in [5.41, 5.74) is 6.17. The summed E-state index contributed by atoms with van der Waals surface area (Å²) in [7, 11) is -1.33. The van der Waals surface area contributed by atoms with Gasteiger partial charge in [-0.05, 0) is 44.4 Å². The monoisotopic (exact) mass is 290 g/mol. The van der Waals surface area contributed by atoms with Crippen LogP contribution >= 0.6 is 0 Å². The van der Waals surface area contributed by atoms with E-state index in [4.69, 9.17) is 10.5 Å². The molecule has 0 spiro atoms. The minimum atomic E-state index is -3.07. The summed E-state index contributed by atoms with van der Waals surface area (Å²) in [5, 5.41) is 0. The van der Waals surface area contributed by atoms with E-state index in [0.29, 0.717) is 19.0 Å². The second kappa shape index (κ2) is 5.68. The van der Waals surface area contributed by atoms with Crippen molar-refractivity contribution in [2.24, 2.45) is 11.7 Å². The van der Waals surface area contributed by atoms with Crippen LogP contribution in [0.25, 0.3) is 0 Å². The average molecular weight is 290 g/mol. The van der Waals surface area contributed by atoms with Crippen molar-refractivity contribution in [2.45, 2.75) is 50.2 Å². The Morgan fingerprint density at radius 2 is 2.11 bits per heavy atom. The quantitative estimate of drug-likeness (QED) is 0.818. The van der Waals surface area contributed by atoms with E-state index in [2.05, 4.69) is 0 Å². The van der Waals surface area contributed by atoms with Crippen LogP contribution in [0.1, 0.15) is 38.5 Å². The third-order valence-corrected chi connectivity index (χ3v) is 6.09. The lowest BCUT2D eigenvalue weighted by Crippen LogP contribution is -2.55. The Morgan fingerprint density at radius 1 is 1.42 bits per heavy atom. The second-order valence-corrected chi connectivity index (χ2v) is 8.08. The average Bonchev–Trinajstić information content (AvgIpc) is 2.27. The van der Waals surface area contributed by atoms with E-state index in [-0.39, 0.29) is 11.6 Å². The first kappa shape index (κ1) is 15.2. The van der Waals surface area contributed by atoms with E-state index < -0.39 is 10.0 Å². The van der Waals surface area contributed by atoms with Crippen molar-refractivity contribution in [3.8, 4) is 0 Å². The lowest BCUT2D eigenvalue weighted by molar-refractivity contribution is -0.0948. The van der Waals surface area contributed by atoms with E-state index in [9.17, 15) is 8.42 Å². The minimum absolute atomic E-state index is 0.0239.